The van der Waals surface area contributed by atoms with E-state index in [4.69, 9.17) is 4.74 Å². The molecule has 1 spiro atoms. The summed E-state index contributed by atoms with van der Waals surface area (Å²) < 4.78 is 42.2. The number of piperidine rings is 2. The van der Waals surface area contributed by atoms with Gasteiger partial charge in [0.2, 0.25) is 5.91 Å². The maximum absolute atomic E-state index is 12.3. The second kappa shape index (κ2) is 8.68. The van der Waals surface area contributed by atoms with Crippen LogP contribution in [-0.4, -0.2) is 79.0 Å². The summed E-state index contributed by atoms with van der Waals surface area (Å²) >= 11 is 0. The summed E-state index contributed by atoms with van der Waals surface area (Å²) in [7, 11) is 0. The van der Waals surface area contributed by atoms with Crippen molar-refractivity contribution in [1.82, 2.24) is 9.80 Å². The molecule has 0 unspecified atom stereocenters. The van der Waals surface area contributed by atoms with Gasteiger partial charge in [-0.2, -0.15) is 13.2 Å². The summed E-state index contributed by atoms with van der Waals surface area (Å²) in [4.78, 5) is 16.0. The second-order valence-corrected chi connectivity index (χ2v) is 7.22. The van der Waals surface area contributed by atoms with Gasteiger partial charge in [-0.15, -0.1) is 0 Å². The topological polar surface area (TPSA) is 53.0 Å². The lowest BCUT2D eigenvalue weighted by atomic mass is 9.71. The number of carbonyl (C=O) groups is 1. The first-order valence-corrected chi connectivity index (χ1v) is 9.08. The van der Waals surface area contributed by atoms with Crippen LogP contribution in [0.25, 0.3) is 0 Å². The average molecular weight is 366 g/mol. The molecule has 2 saturated heterocycles. The average Bonchev–Trinajstić information content (AvgIpc) is 2.55. The van der Waals surface area contributed by atoms with Gasteiger partial charge in [0.1, 0.15) is 6.61 Å². The van der Waals surface area contributed by atoms with Crippen LogP contribution in [-0.2, 0) is 9.53 Å². The SMILES string of the molecule is CCOCC(=O)N1CCC[C@@]2(CN(CCCC(F)(F)F)CC[C@H]2O)C1. The smallest absolute Gasteiger partial charge is 0.389 e. The number of hydrogen-bond donors (Lipinski definition) is 1. The van der Waals surface area contributed by atoms with Gasteiger partial charge in [-0.05, 0) is 39.2 Å². The van der Waals surface area contributed by atoms with Gasteiger partial charge in [0.05, 0.1) is 6.10 Å². The molecule has 2 heterocycles. The highest BCUT2D eigenvalue weighted by Gasteiger charge is 2.46. The van der Waals surface area contributed by atoms with Crippen molar-refractivity contribution >= 4 is 5.91 Å². The van der Waals surface area contributed by atoms with Crippen LogP contribution < -0.4 is 0 Å². The first-order valence-electron chi connectivity index (χ1n) is 9.08. The van der Waals surface area contributed by atoms with Crippen molar-refractivity contribution in [3.8, 4) is 0 Å². The molecule has 0 aromatic heterocycles. The van der Waals surface area contributed by atoms with Crippen LogP contribution in [0.4, 0.5) is 13.2 Å². The van der Waals surface area contributed by atoms with Gasteiger partial charge in [0.15, 0.2) is 0 Å². The van der Waals surface area contributed by atoms with E-state index in [0.29, 0.717) is 45.8 Å². The Morgan fingerprint density at radius 2 is 2.08 bits per heavy atom. The molecule has 0 saturated carbocycles. The fraction of sp³-hybridized carbons (Fsp3) is 0.941. The van der Waals surface area contributed by atoms with Gasteiger partial charge >= 0.3 is 6.18 Å². The van der Waals surface area contributed by atoms with E-state index in [9.17, 15) is 23.1 Å². The van der Waals surface area contributed by atoms with E-state index in [1.54, 1.807) is 4.90 Å². The van der Waals surface area contributed by atoms with Crippen LogP contribution in [0.5, 0.6) is 0 Å². The van der Waals surface area contributed by atoms with Crippen molar-refractivity contribution in [3.05, 3.63) is 0 Å². The number of aliphatic hydroxyl groups is 1. The number of hydrogen-bond acceptors (Lipinski definition) is 4. The number of nitrogens with zero attached hydrogens (tertiary/aromatic N) is 2. The van der Waals surface area contributed by atoms with E-state index in [1.807, 2.05) is 11.8 Å². The number of amides is 1. The Kier molecular flexibility index (Phi) is 7.10. The standard InChI is InChI=1S/C17H29F3N2O3/c1-2-25-11-15(24)22-9-3-6-16(13-22)12-21(10-5-14(16)23)8-4-7-17(18,19)20/h14,23H,2-13H2,1H3/t14-,16-/m1/s1. The molecule has 1 amide bonds. The van der Waals surface area contributed by atoms with E-state index in [2.05, 4.69) is 0 Å². The van der Waals surface area contributed by atoms with Crippen molar-refractivity contribution in [2.45, 2.75) is 51.3 Å². The largest absolute Gasteiger partial charge is 0.392 e. The summed E-state index contributed by atoms with van der Waals surface area (Å²) in [5.41, 5.74) is -0.434. The van der Waals surface area contributed by atoms with Gasteiger partial charge in [-0.1, -0.05) is 0 Å². The molecule has 2 atom stereocenters. The van der Waals surface area contributed by atoms with Crippen molar-refractivity contribution in [3.63, 3.8) is 0 Å². The van der Waals surface area contributed by atoms with E-state index in [1.165, 1.54) is 0 Å². The Bertz CT molecular complexity index is 447. The number of carbonyl (C=O) groups excluding carboxylic acids is 1. The summed E-state index contributed by atoms with van der Waals surface area (Å²) in [5.74, 6) is -0.0812. The molecule has 8 heteroatoms. The number of halogens is 3. The van der Waals surface area contributed by atoms with Gasteiger partial charge in [-0.3, -0.25) is 4.79 Å². The number of rotatable bonds is 6. The fourth-order valence-electron chi connectivity index (χ4n) is 3.99. The molecule has 1 N–H and O–H groups in total. The minimum Gasteiger partial charge on any atom is -0.392 e. The molecule has 2 aliphatic heterocycles. The second-order valence-electron chi connectivity index (χ2n) is 7.22. The number of alkyl halides is 3. The summed E-state index contributed by atoms with van der Waals surface area (Å²) in [6.45, 7) is 4.97. The van der Waals surface area contributed by atoms with E-state index in [0.717, 1.165) is 12.8 Å². The highest BCUT2D eigenvalue weighted by atomic mass is 19.4. The predicted octanol–water partition coefficient (Wildman–Crippen LogP) is 2.04. The Morgan fingerprint density at radius 1 is 1.32 bits per heavy atom. The van der Waals surface area contributed by atoms with Crippen LogP contribution in [0.1, 0.15) is 39.0 Å². The Morgan fingerprint density at radius 3 is 2.76 bits per heavy atom. The van der Waals surface area contributed by atoms with Crippen LogP contribution in [0.15, 0.2) is 0 Å². The molecule has 0 bridgehead atoms. The lowest BCUT2D eigenvalue weighted by Gasteiger charge is -2.51. The first kappa shape index (κ1) is 20.5. The summed E-state index contributed by atoms with van der Waals surface area (Å²) in [5, 5.41) is 10.6. The zero-order valence-electron chi connectivity index (χ0n) is 14.9. The maximum atomic E-state index is 12.3. The number of aliphatic hydroxyl groups excluding tert-OH is 1. The molecule has 2 aliphatic rings. The Balaban J connectivity index is 1.93. The third-order valence-electron chi connectivity index (χ3n) is 5.29. The van der Waals surface area contributed by atoms with E-state index < -0.39 is 24.1 Å². The zero-order valence-corrected chi connectivity index (χ0v) is 14.9. The molecule has 0 aromatic rings. The molecule has 0 aliphatic carbocycles. The minimum atomic E-state index is -4.12. The number of ether oxygens (including phenoxy) is 1. The van der Waals surface area contributed by atoms with Gasteiger partial charge in [-0.25, -0.2) is 0 Å². The van der Waals surface area contributed by atoms with Crippen LogP contribution in [0, 0.1) is 5.41 Å². The lowest BCUT2D eigenvalue weighted by molar-refractivity contribution is -0.147. The fourth-order valence-corrected chi connectivity index (χ4v) is 3.99. The Labute approximate surface area is 147 Å². The van der Waals surface area contributed by atoms with Gasteiger partial charge in [0, 0.05) is 44.6 Å². The summed E-state index contributed by atoms with van der Waals surface area (Å²) in [6.07, 6.45) is -3.22. The van der Waals surface area contributed by atoms with Crippen molar-refractivity contribution < 1.29 is 27.8 Å². The highest BCUT2D eigenvalue weighted by Crippen LogP contribution is 2.39. The zero-order chi connectivity index (χ0) is 18.5. The normalized spacial score (nSPS) is 28.5. The molecule has 0 aromatic carbocycles. The van der Waals surface area contributed by atoms with Gasteiger partial charge < -0.3 is 19.6 Å². The van der Waals surface area contributed by atoms with Gasteiger partial charge in [0.25, 0.3) is 0 Å². The van der Waals surface area contributed by atoms with Crippen LogP contribution in [0.2, 0.25) is 0 Å². The van der Waals surface area contributed by atoms with Crippen LogP contribution in [0.3, 0.4) is 0 Å². The molecular formula is C17H29F3N2O3. The molecule has 5 nitrogen and oxygen atoms in total. The molecule has 2 fully saturated rings. The van der Waals surface area contributed by atoms with Crippen molar-refractivity contribution in [2.24, 2.45) is 5.41 Å². The van der Waals surface area contributed by atoms with Crippen molar-refractivity contribution in [1.29, 1.82) is 0 Å². The highest BCUT2D eigenvalue weighted by molar-refractivity contribution is 5.77. The maximum Gasteiger partial charge on any atom is 0.389 e. The lowest BCUT2D eigenvalue weighted by Crippen LogP contribution is -2.60. The molecule has 0 radical (unpaired) electrons. The monoisotopic (exact) mass is 366 g/mol. The minimum absolute atomic E-state index is 0.0397. The molecular weight excluding hydrogens is 337 g/mol. The Hall–Kier alpha value is -0.860. The van der Waals surface area contributed by atoms with E-state index in [-0.39, 0.29) is 18.9 Å². The van der Waals surface area contributed by atoms with Crippen LogP contribution >= 0.6 is 0 Å². The predicted molar refractivity (Wildman–Crippen MR) is 87.1 cm³/mol. The summed E-state index contributed by atoms with van der Waals surface area (Å²) in [6, 6.07) is 0. The molecule has 2 rings (SSSR count). The molecule has 146 valence electrons. The first-order chi connectivity index (χ1) is 11.8. The third kappa shape index (κ3) is 5.82. The number of likely N-dealkylation sites (tertiary alicyclic amines) is 2. The third-order valence-corrected chi connectivity index (χ3v) is 5.29. The van der Waals surface area contributed by atoms with E-state index >= 15 is 0 Å². The van der Waals surface area contributed by atoms with Crippen molar-refractivity contribution in [2.75, 3.05) is 45.9 Å². The quantitative estimate of drug-likeness (QED) is 0.782. The molecule has 25 heavy (non-hydrogen) atoms.